The number of aromatic nitrogens is 2. The summed E-state index contributed by atoms with van der Waals surface area (Å²) in [6, 6.07) is 10.4. The van der Waals surface area contributed by atoms with E-state index in [1.54, 1.807) is 0 Å². The quantitative estimate of drug-likeness (QED) is 0.731. The van der Waals surface area contributed by atoms with Crippen molar-refractivity contribution < 1.29 is 0 Å². The predicted octanol–water partition coefficient (Wildman–Crippen LogP) is 4.39. The van der Waals surface area contributed by atoms with Crippen LogP contribution in [0.3, 0.4) is 0 Å². The highest BCUT2D eigenvalue weighted by Gasteiger charge is 2.15. The lowest BCUT2D eigenvalue weighted by molar-refractivity contribution is 0.508. The van der Waals surface area contributed by atoms with Crippen LogP contribution in [0, 0.1) is 0 Å². The number of hydrogen-bond donors (Lipinski definition) is 1. The summed E-state index contributed by atoms with van der Waals surface area (Å²) in [5.41, 5.74) is 1.26. The molecule has 1 aromatic heterocycles. The Bertz CT molecular complexity index is 539. The molecular weight excluding hydrogens is 302 g/mol. The van der Waals surface area contributed by atoms with E-state index in [1.807, 2.05) is 30.1 Å². The third-order valence-corrected chi connectivity index (χ3v) is 4.58. The smallest absolute Gasteiger partial charge is 0.0587 e. The van der Waals surface area contributed by atoms with Crippen LogP contribution in [-0.2, 0) is 6.54 Å². The number of rotatable bonds is 8. The van der Waals surface area contributed by atoms with Gasteiger partial charge in [0.25, 0.3) is 0 Å². The zero-order valence-electron chi connectivity index (χ0n) is 12.6. The Labute approximate surface area is 136 Å². The summed E-state index contributed by atoms with van der Waals surface area (Å²) in [6.07, 6.45) is 2.99. The second-order valence-corrected chi connectivity index (χ2v) is 6.38. The van der Waals surface area contributed by atoms with Gasteiger partial charge in [-0.05, 0) is 43.3 Å². The molecule has 0 aliphatic heterocycles. The normalized spacial score (nSPS) is 12.5. The first-order valence-electron chi connectivity index (χ1n) is 7.38. The third-order valence-electron chi connectivity index (χ3n) is 3.22. The summed E-state index contributed by atoms with van der Waals surface area (Å²) in [7, 11) is 0. The second-order valence-electron chi connectivity index (χ2n) is 4.85. The van der Waals surface area contributed by atoms with Crippen LogP contribution in [0.25, 0.3) is 0 Å². The highest BCUT2D eigenvalue weighted by atomic mass is 35.5. The fraction of sp³-hybridized carbons (Fsp3) is 0.438. The topological polar surface area (TPSA) is 29.9 Å². The van der Waals surface area contributed by atoms with Crippen LogP contribution in [0.5, 0.6) is 0 Å². The summed E-state index contributed by atoms with van der Waals surface area (Å²) in [4.78, 5) is 1.24. The Balaban J connectivity index is 2.04. The molecule has 21 heavy (non-hydrogen) atoms. The molecule has 0 saturated heterocycles. The molecule has 0 bridgehead atoms. The number of benzene rings is 1. The van der Waals surface area contributed by atoms with E-state index in [0.717, 1.165) is 30.3 Å². The SMILES string of the molecule is CCCn1nccc1C(CSc1ccc(Cl)cc1)NCC. The van der Waals surface area contributed by atoms with Gasteiger partial charge in [0.1, 0.15) is 0 Å². The summed E-state index contributed by atoms with van der Waals surface area (Å²) in [6.45, 7) is 6.23. The fourth-order valence-electron chi connectivity index (χ4n) is 2.24. The van der Waals surface area contributed by atoms with Crippen molar-refractivity contribution in [2.75, 3.05) is 12.3 Å². The van der Waals surface area contributed by atoms with Gasteiger partial charge < -0.3 is 5.32 Å². The molecule has 0 radical (unpaired) electrons. The van der Waals surface area contributed by atoms with Crippen molar-refractivity contribution in [2.45, 2.75) is 37.8 Å². The molecule has 0 fully saturated rings. The number of hydrogen-bond acceptors (Lipinski definition) is 3. The van der Waals surface area contributed by atoms with Crippen molar-refractivity contribution in [3.8, 4) is 0 Å². The van der Waals surface area contributed by atoms with E-state index in [-0.39, 0.29) is 0 Å². The maximum absolute atomic E-state index is 5.93. The van der Waals surface area contributed by atoms with Gasteiger partial charge in [0.15, 0.2) is 0 Å². The van der Waals surface area contributed by atoms with E-state index in [4.69, 9.17) is 11.6 Å². The van der Waals surface area contributed by atoms with Gasteiger partial charge in [-0.25, -0.2) is 0 Å². The zero-order valence-corrected chi connectivity index (χ0v) is 14.1. The predicted molar refractivity (Wildman–Crippen MR) is 91.1 cm³/mol. The van der Waals surface area contributed by atoms with Crippen LogP contribution in [0.2, 0.25) is 5.02 Å². The van der Waals surface area contributed by atoms with Gasteiger partial charge in [-0.3, -0.25) is 4.68 Å². The number of halogens is 1. The summed E-state index contributed by atoms with van der Waals surface area (Å²) in [5, 5.41) is 8.76. The Hall–Kier alpha value is -0.970. The Kier molecular flexibility index (Phi) is 6.61. The molecule has 2 aromatic rings. The summed E-state index contributed by atoms with van der Waals surface area (Å²) < 4.78 is 2.11. The molecule has 3 nitrogen and oxygen atoms in total. The molecule has 0 aliphatic rings. The minimum absolute atomic E-state index is 0.310. The van der Waals surface area contributed by atoms with Crippen molar-refractivity contribution in [3.05, 3.63) is 47.2 Å². The van der Waals surface area contributed by atoms with Crippen molar-refractivity contribution in [2.24, 2.45) is 0 Å². The van der Waals surface area contributed by atoms with Crippen LogP contribution in [0.1, 0.15) is 32.0 Å². The van der Waals surface area contributed by atoms with Crippen molar-refractivity contribution in [1.82, 2.24) is 15.1 Å². The highest BCUT2D eigenvalue weighted by Crippen LogP contribution is 2.26. The highest BCUT2D eigenvalue weighted by molar-refractivity contribution is 7.99. The lowest BCUT2D eigenvalue weighted by Gasteiger charge is -2.19. The first-order chi connectivity index (χ1) is 10.2. The molecule has 5 heteroatoms. The van der Waals surface area contributed by atoms with Gasteiger partial charge >= 0.3 is 0 Å². The fourth-order valence-corrected chi connectivity index (χ4v) is 3.35. The molecule has 0 amide bonds. The number of nitrogens with zero attached hydrogens (tertiary/aromatic N) is 2. The first-order valence-corrected chi connectivity index (χ1v) is 8.74. The zero-order chi connectivity index (χ0) is 15.1. The molecule has 0 aliphatic carbocycles. The van der Waals surface area contributed by atoms with E-state index >= 15 is 0 Å². The van der Waals surface area contributed by atoms with Gasteiger partial charge in [0, 0.05) is 28.4 Å². The molecule has 1 heterocycles. The number of aryl methyl sites for hydroxylation is 1. The van der Waals surface area contributed by atoms with Crippen LogP contribution in [-0.4, -0.2) is 22.1 Å². The van der Waals surface area contributed by atoms with Crippen LogP contribution < -0.4 is 5.32 Å². The van der Waals surface area contributed by atoms with E-state index in [2.05, 4.69) is 47.1 Å². The summed E-state index contributed by atoms with van der Waals surface area (Å²) >= 11 is 7.77. The largest absolute Gasteiger partial charge is 0.308 e. The van der Waals surface area contributed by atoms with Gasteiger partial charge in [0.2, 0.25) is 0 Å². The molecule has 1 unspecified atom stereocenters. The number of thioether (sulfide) groups is 1. The summed E-state index contributed by atoms with van der Waals surface area (Å²) in [5.74, 6) is 0.977. The lowest BCUT2D eigenvalue weighted by Crippen LogP contribution is -2.25. The van der Waals surface area contributed by atoms with E-state index in [9.17, 15) is 0 Å². The molecule has 0 saturated carbocycles. The lowest BCUT2D eigenvalue weighted by atomic mass is 10.2. The monoisotopic (exact) mass is 323 g/mol. The minimum atomic E-state index is 0.310. The Morgan fingerprint density at radius 3 is 2.67 bits per heavy atom. The van der Waals surface area contributed by atoms with Crippen molar-refractivity contribution in [1.29, 1.82) is 0 Å². The number of nitrogens with one attached hydrogen (secondary N) is 1. The van der Waals surface area contributed by atoms with Crippen molar-refractivity contribution >= 4 is 23.4 Å². The molecule has 1 atom stereocenters. The molecule has 1 N–H and O–H groups in total. The molecule has 2 rings (SSSR count). The maximum Gasteiger partial charge on any atom is 0.0587 e. The van der Waals surface area contributed by atoms with Gasteiger partial charge in [-0.1, -0.05) is 25.4 Å². The van der Waals surface area contributed by atoms with E-state index in [1.165, 1.54) is 10.6 Å². The van der Waals surface area contributed by atoms with Crippen molar-refractivity contribution in [3.63, 3.8) is 0 Å². The molecule has 114 valence electrons. The average Bonchev–Trinajstić information content (AvgIpc) is 2.94. The molecule has 0 spiro atoms. The third kappa shape index (κ3) is 4.77. The second kappa shape index (κ2) is 8.47. The average molecular weight is 324 g/mol. The minimum Gasteiger partial charge on any atom is -0.308 e. The van der Waals surface area contributed by atoms with Crippen LogP contribution >= 0.6 is 23.4 Å². The van der Waals surface area contributed by atoms with Gasteiger partial charge in [0.05, 0.1) is 11.7 Å². The first kappa shape index (κ1) is 16.4. The van der Waals surface area contributed by atoms with Gasteiger partial charge in [-0.2, -0.15) is 5.10 Å². The Morgan fingerprint density at radius 1 is 1.24 bits per heavy atom. The Morgan fingerprint density at radius 2 is 2.00 bits per heavy atom. The maximum atomic E-state index is 5.93. The molecular formula is C16H22ClN3S. The van der Waals surface area contributed by atoms with E-state index < -0.39 is 0 Å². The standard InChI is InChI=1S/C16H22ClN3S/c1-3-11-20-16(9-10-19-20)15(18-4-2)12-21-14-7-5-13(17)6-8-14/h5-10,15,18H,3-4,11-12H2,1-2H3. The van der Waals surface area contributed by atoms with Crippen LogP contribution in [0.15, 0.2) is 41.4 Å². The molecule has 1 aromatic carbocycles. The van der Waals surface area contributed by atoms with Gasteiger partial charge in [-0.15, -0.1) is 11.8 Å². The van der Waals surface area contributed by atoms with E-state index in [0.29, 0.717) is 6.04 Å². The van der Waals surface area contributed by atoms with Crippen LogP contribution in [0.4, 0.5) is 0 Å².